The van der Waals surface area contributed by atoms with E-state index in [1.165, 1.54) is 16.3 Å². The van der Waals surface area contributed by atoms with Gasteiger partial charge >= 0.3 is 0 Å². The molecule has 0 radical (unpaired) electrons. The van der Waals surface area contributed by atoms with Crippen LogP contribution in [0.15, 0.2) is 42.5 Å². The number of rotatable bonds is 8. The Labute approximate surface area is 210 Å². The average molecular weight is 490 g/mol. The highest BCUT2D eigenvalue weighted by Crippen LogP contribution is 2.31. The van der Waals surface area contributed by atoms with Crippen molar-refractivity contribution in [1.82, 2.24) is 20.4 Å². The molecule has 3 aromatic rings. The number of carbonyl (C=O) groups excluding carboxylic acids is 2. The smallest absolute Gasteiger partial charge is 0.273 e. The second-order valence-electron chi connectivity index (χ2n) is 10.4. The highest BCUT2D eigenvalue weighted by atomic mass is 19.1. The molecule has 188 valence electrons. The molecule has 0 fully saturated rings. The van der Waals surface area contributed by atoms with Crippen LogP contribution in [0.2, 0.25) is 0 Å². The summed E-state index contributed by atoms with van der Waals surface area (Å²) in [5.41, 5.74) is 2.10. The summed E-state index contributed by atoms with van der Waals surface area (Å²) >= 11 is 0. The van der Waals surface area contributed by atoms with Gasteiger partial charge in [0.05, 0.1) is 12.1 Å². The lowest BCUT2D eigenvalue weighted by molar-refractivity contribution is -0.126. The third-order valence-electron chi connectivity index (χ3n) is 6.70. The Hall–Kier alpha value is -3.73. The van der Waals surface area contributed by atoms with Gasteiger partial charge in [0.1, 0.15) is 17.4 Å². The number of nitrogens with zero attached hydrogens (tertiary/aromatic N) is 3. The van der Waals surface area contributed by atoms with Crippen molar-refractivity contribution < 1.29 is 14.0 Å². The van der Waals surface area contributed by atoms with Crippen molar-refractivity contribution in [3.8, 4) is 6.07 Å². The van der Waals surface area contributed by atoms with E-state index >= 15 is 0 Å². The minimum Gasteiger partial charge on any atom is -0.347 e. The zero-order valence-corrected chi connectivity index (χ0v) is 21.0. The Morgan fingerprint density at radius 1 is 1.19 bits per heavy atom. The molecule has 2 aromatic carbocycles. The van der Waals surface area contributed by atoms with E-state index in [0.717, 1.165) is 18.4 Å². The number of para-hydroxylation sites is 1. The number of unbranched alkanes of at least 4 members (excludes halogenated alkanes) is 2. The van der Waals surface area contributed by atoms with Crippen LogP contribution < -0.4 is 10.6 Å². The maximum absolute atomic E-state index is 14.7. The third kappa shape index (κ3) is 5.25. The van der Waals surface area contributed by atoms with Crippen LogP contribution in [0.25, 0.3) is 10.9 Å². The Balaban J connectivity index is 1.56. The lowest BCUT2D eigenvalue weighted by Gasteiger charge is -2.31. The number of hydrogen-bond acceptors (Lipinski definition) is 4. The van der Waals surface area contributed by atoms with E-state index in [4.69, 9.17) is 5.26 Å². The summed E-state index contributed by atoms with van der Waals surface area (Å²) in [6, 6.07) is 13.8. The fraction of sp³-hybridized carbons (Fsp3) is 0.429. The number of nitrogens with one attached hydrogen (secondary N) is 2. The van der Waals surface area contributed by atoms with E-state index in [-0.39, 0.29) is 23.2 Å². The number of carbonyl (C=O) groups is 2. The molecule has 4 rings (SSSR count). The first kappa shape index (κ1) is 25.4. The molecule has 0 saturated carbocycles. The molecule has 0 saturated heterocycles. The van der Waals surface area contributed by atoms with Gasteiger partial charge in [-0.05, 0) is 48.3 Å². The standard InChI is InChI=1S/C28H32FN5O2/c1-28(2,3)25(27(36)31-22-15-14-18-10-5-6-11-19(18)22)32-26(35)23-20-12-9-13-21(29)24(20)34(33-23)17-8-4-7-16-30/h5-6,9-13,22,25H,4,7-8,14-15,17H2,1-3H3,(H,31,36)(H,32,35)/t22-,25-/m1/s1. The zero-order valence-electron chi connectivity index (χ0n) is 21.0. The van der Waals surface area contributed by atoms with Crippen LogP contribution in [0.4, 0.5) is 4.39 Å². The summed E-state index contributed by atoms with van der Waals surface area (Å²) in [4.78, 5) is 26.8. The molecule has 0 bridgehead atoms. The number of benzene rings is 2. The molecule has 2 atom stereocenters. The Kier molecular flexibility index (Phi) is 7.39. The van der Waals surface area contributed by atoms with E-state index in [9.17, 15) is 14.0 Å². The number of aromatic nitrogens is 2. The van der Waals surface area contributed by atoms with Crippen LogP contribution in [-0.4, -0.2) is 27.6 Å². The Bertz CT molecular complexity index is 1320. The summed E-state index contributed by atoms with van der Waals surface area (Å²) in [6.07, 6.45) is 3.41. The molecule has 0 unspecified atom stereocenters. The first-order valence-corrected chi connectivity index (χ1v) is 12.4. The summed E-state index contributed by atoms with van der Waals surface area (Å²) in [5.74, 6) is -1.25. The minimum atomic E-state index is -0.817. The number of halogens is 1. The van der Waals surface area contributed by atoms with Crippen molar-refractivity contribution in [2.75, 3.05) is 0 Å². The van der Waals surface area contributed by atoms with Crippen LogP contribution in [0.3, 0.4) is 0 Å². The second kappa shape index (κ2) is 10.5. The van der Waals surface area contributed by atoms with Crippen molar-refractivity contribution in [3.05, 3.63) is 65.1 Å². The molecular weight excluding hydrogens is 457 g/mol. The van der Waals surface area contributed by atoms with Crippen molar-refractivity contribution in [3.63, 3.8) is 0 Å². The molecule has 2 amide bonds. The lowest BCUT2D eigenvalue weighted by atomic mass is 9.85. The van der Waals surface area contributed by atoms with E-state index < -0.39 is 23.2 Å². The summed E-state index contributed by atoms with van der Waals surface area (Å²) in [5, 5.41) is 19.6. The molecule has 0 aliphatic heterocycles. The molecule has 2 N–H and O–H groups in total. The molecular formula is C28H32FN5O2. The molecule has 8 heteroatoms. The van der Waals surface area contributed by atoms with Crippen LogP contribution in [-0.2, 0) is 17.8 Å². The SMILES string of the molecule is CC(C)(C)[C@H](NC(=O)c1nn(CCCCC#N)c2c(F)cccc12)C(=O)N[C@@H]1CCc2ccccc21. The number of aryl methyl sites for hydroxylation is 2. The van der Waals surface area contributed by atoms with E-state index in [1.54, 1.807) is 12.1 Å². The number of nitriles is 1. The van der Waals surface area contributed by atoms with Gasteiger partial charge in [-0.25, -0.2) is 4.39 Å². The molecule has 1 heterocycles. The highest BCUT2D eigenvalue weighted by molar-refractivity contribution is 6.06. The van der Waals surface area contributed by atoms with Gasteiger partial charge in [0, 0.05) is 18.4 Å². The number of amides is 2. The van der Waals surface area contributed by atoms with Crippen molar-refractivity contribution >= 4 is 22.7 Å². The van der Waals surface area contributed by atoms with Crippen LogP contribution >= 0.6 is 0 Å². The third-order valence-corrected chi connectivity index (χ3v) is 6.70. The van der Waals surface area contributed by atoms with E-state index in [1.807, 2.05) is 39.0 Å². The Morgan fingerprint density at radius 3 is 2.72 bits per heavy atom. The summed E-state index contributed by atoms with van der Waals surface area (Å²) in [6.45, 7) is 6.07. The van der Waals surface area contributed by atoms with Crippen molar-refractivity contribution in [2.45, 2.75) is 71.5 Å². The maximum atomic E-state index is 14.7. The monoisotopic (exact) mass is 489 g/mol. The summed E-state index contributed by atoms with van der Waals surface area (Å²) < 4.78 is 16.2. The van der Waals surface area contributed by atoms with Crippen LogP contribution in [0, 0.1) is 22.6 Å². The average Bonchev–Trinajstić information content (AvgIpc) is 3.42. The molecule has 36 heavy (non-hydrogen) atoms. The first-order chi connectivity index (χ1) is 17.2. The molecule has 1 aliphatic carbocycles. The van der Waals surface area contributed by atoms with Crippen molar-refractivity contribution in [2.24, 2.45) is 5.41 Å². The minimum absolute atomic E-state index is 0.0815. The topological polar surface area (TPSA) is 99.8 Å². The molecule has 0 spiro atoms. The molecule has 1 aliphatic rings. The van der Waals surface area contributed by atoms with Gasteiger partial charge in [-0.15, -0.1) is 0 Å². The van der Waals surface area contributed by atoms with Gasteiger partial charge in [-0.2, -0.15) is 10.4 Å². The first-order valence-electron chi connectivity index (χ1n) is 12.4. The zero-order chi connectivity index (χ0) is 25.9. The van der Waals surface area contributed by atoms with Crippen LogP contribution in [0.1, 0.15) is 74.1 Å². The second-order valence-corrected chi connectivity index (χ2v) is 10.4. The fourth-order valence-corrected chi connectivity index (χ4v) is 4.83. The highest BCUT2D eigenvalue weighted by Gasteiger charge is 2.36. The predicted molar refractivity (Wildman–Crippen MR) is 136 cm³/mol. The number of fused-ring (bicyclic) bond motifs is 2. The van der Waals surface area contributed by atoms with E-state index in [2.05, 4.69) is 27.9 Å². The predicted octanol–water partition coefficient (Wildman–Crippen LogP) is 4.82. The quantitative estimate of drug-likeness (QED) is 0.443. The van der Waals surface area contributed by atoms with Gasteiger partial charge in [-0.1, -0.05) is 57.2 Å². The number of hydrogen-bond donors (Lipinski definition) is 2. The van der Waals surface area contributed by atoms with Gasteiger partial charge in [0.15, 0.2) is 5.69 Å². The maximum Gasteiger partial charge on any atom is 0.273 e. The lowest BCUT2D eigenvalue weighted by Crippen LogP contribution is -2.54. The normalized spacial score (nSPS) is 15.8. The summed E-state index contributed by atoms with van der Waals surface area (Å²) in [7, 11) is 0. The largest absolute Gasteiger partial charge is 0.347 e. The van der Waals surface area contributed by atoms with Gasteiger partial charge in [0.25, 0.3) is 5.91 Å². The Morgan fingerprint density at radius 2 is 1.97 bits per heavy atom. The van der Waals surface area contributed by atoms with Gasteiger partial charge in [-0.3, -0.25) is 14.3 Å². The van der Waals surface area contributed by atoms with E-state index in [0.29, 0.717) is 31.2 Å². The molecule has 1 aromatic heterocycles. The fourth-order valence-electron chi connectivity index (χ4n) is 4.83. The van der Waals surface area contributed by atoms with Crippen LogP contribution in [0.5, 0.6) is 0 Å². The van der Waals surface area contributed by atoms with Crippen molar-refractivity contribution in [1.29, 1.82) is 5.26 Å². The van der Waals surface area contributed by atoms with Gasteiger partial charge in [0.2, 0.25) is 5.91 Å². The van der Waals surface area contributed by atoms with Gasteiger partial charge < -0.3 is 10.6 Å². The molecule has 7 nitrogen and oxygen atoms in total.